The molecule has 1 amide bonds. The van der Waals surface area contributed by atoms with E-state index in [-0.39, 0.29) is 18.2 Å². The van der Waals surface area contributed by atoms with E-state index in [1.807, 2.05) is 31.2 Å². The maximum absolute atomic E-state index is 11.6. The first kappa shape index (κ1) is 14.6. The summed E-state index contributed by atoms with van der Waals surface area (Å²) >= 11 is 0. The van der Waals surface area contributed by atoms with Crippen LogP contribution in [0.4, 0.5) is 5.69 Å². The van der Waals surface area contributed by atoms with Crippen LogP contribution in [0.25, 0.3) is 0 Å². The summed E-state index contributed by atoms with van der Waals surface area (Å²) in [7, 11) is 0. The molecule has 0 heterocycles. The van der Waals surface area contributed by atoms with Gasteiger partial charge in [0.05, 0.1) is 12.8 Å². The molecule has 0 bridgehead atoms. The number of carbonyl (C=O) groups is 1. The molecule has 0 radical (unpaired) electrons. The van der Waals surface area contributed by atoms with Crippen molar-refractivity contribution < 1.29 is 9.90 Å². The number of hydrogen-bond acceptors (Lipinski definition) is 4. The van der Waals surface area contributed by atoms with Crippen molar-refractivity contribution in [3.63, 3.8) is 0 Å². The van der Waals surface area contributed by atoms with Crippen LogP contribution in [0.2, 0.25) is 0 Å². The van der Waals surface area contributed by atoms with Gasteiger partial charge in [-0.2, -0.15) is 5.10 Å². The molecule has 2 aromatic carbocycles. The highest BCUT2D eigenvalue weighted by atomic mass is 16.3. The van der Waals surface area contributed by atoms with Gasteiger partial charge in [-0.25, -0.2) is 5.43 Å². The highest BCUT2D eigenvalue weighted by Gasteiger charge is 2.01. The second-order valence-electron chi connectivity index (χ2n) is 4.56. The zero-order chi connectivity index (χ0) is 15.1. The highest BCUT2D eigenvalue weighted by Crippen LogP contribution is 2.12. The number of nitrogens with one attached hydrogen (secondary N) is 2. The van der Waals surface area contributed by atoms with E-state index in [2.05, 4.69) is 15.8 Å². The number of amides is 1. The van der Waals surface area contributed by atoms with E-state index in [9.17, 15) is 9.90 Å². The average molecular weight is 283 g/mol. The van der Waals surface area contributed by atoms with Crippen LogP contribution in [0.3, 0.4) is 0 Å². The van der Waals surface area contributed by atoms with Gasteiger partial charge in [-0.3, -0.25) is 4.79 Å². The first-order valence-corrected chi connectivity index (χ1v) is 6.55. The van der Waals surface area contributed by atoms with Crippen molar-refractivity contribution in [2.45, 2.75) is 6.92 Å². The lowest BCUT2D eigenvalue weighted by Gasteiger charge is -2.07. The summed E-state index contributed by atoms with van der Waals surface area (Å²) in [6, 6.07) is 14.4. The van der Waals surface area contributed by atoms with Gasteiger partial charge >= 0.3 is 0 Å². The molecule has 0 aliphatic rings. The zero-order valence-electron chi connectivity index (χ0n) is 11.7. The van der Waals surface area contributed by atoms with Crippen LogP contribution in [0, 0.1) is 6.92 Å². The number of anilines is 1. The fourth-order valence-corrected chi connectivity index (χ4v) is 1.77. The third-order valence-electron chi connectivity index (χ3n) is 2.86. The van der Waals surface area contributed by atoms with Gasteiger partial charge in [-0.05, 0) is 36.2 Å². The molecule has 0 atom stereocenters. The molecule has 21 heavy (non-hydrogen) atoms. The van der Waals surface area contributed by atoms with E-state index in [0.29, 0.717) is 5.56 Å². The van der Waals surface area contributed by atoms with E-state index in [4.69, 9.17) is 0 Å². The topological polar surface area (TPSA) is 73.7 Å². The second kappa shape index (κ2) is 7.09. The lowest BCUT2D eigenvalue weighted by molar-refractivity contribution is -0.119. The van der Waals surface area contributed by atoms with E-state index in [0.717, 1.165) is 11.3 Å². The summed E-state index contributed by atoms with van der Waals surface area (Å²) in [6.07, 6.45) is 1.48. The van der Waals surface area contributed by atoms with Gasteiger partial charge in [0.2, 0.25) is 0 Å². The second-order valence-corrected chi connectivity index (χ2v) is 4.56. The number of hydrogen-bond donors (Lipinski definition) is 3. The number of rotatable bonds is 5. The Labute approximate surface area is 123 Å². The van der Waals surface area contributed by atoms with Crippen molar-refractivity contribution in [1.82, 2.24) is 5.43 Å². The molecule has 0 aromatic heterocycles. The SMILES string of the molecule is Cc1ccccc1NCC(=O)N/N=C/c1cccc(O)c1. The van der Waals surface area contributed by atoms with Crippen molar-refractivity contribution in [2.24, 2.45) is 5.10 Å². The zero-order valence-corrected chi connectivity index (χ0v) is 11.7. The summed E-state index contributed by atoms with van der Waals surface area (Å²) in [5, 5.41) is 16.2. The largest absolute Gasteiger partial charge is 0.508 e. The Hall–Kier alpha value is -2.82. The molecular weight excluding hydrogens is 266 g/mol. The molecule has 0 fully saturated rings. The summed E-state index contributed by atoms with van der Waals surface area (Å²) in [5.74, 6) is -0.0823. The molecular formula is C16H17N3O2. The Morgan fingerprint density at radius 2 is 2.05 bits per heavy atom. The third kappa shape index (κ3) is 4.65. The summed E-state index contributed by atoms with van der Waals surface area (Å²) in [6.45, 7) is 2.11. The maximum Gasteiger partial charge on any atom is 0.259 e. The molecule has 0 aliphatic carbocycles. The number of hydrazone groups is 1. The van der Waals surface area contributed by atoms with Crippen LogP contribution >= 0.6 is 0 Å². The van der Waals surface area contributed by atoms with Crippen molar-refractivity contribution in [2.75, 3.05) is 11.9 Å². The van der Waals surface area contributed by atoms with Crippen molar-refractivity contribution >= 4 is 17.8 Å². The Kier molecular flexibility index (Phi) is 4.93. The summed E-state index contributed by atoms with van der Waals surface area (Å²) in [4.78, 5) is 11.6. The summed E-state index contributed by atoms with van der Waals surface area (Å²) in [5.41, 5.74) is 5.14. The fraction of sp³-hybridized carbons (Fsp3) is 0.125. The number of carbonyl (C=O) groups excluding carboxylic acids is 1. The van der Waals surface area contributed by atoms with Gasteiger partial charge < -0.3 is 10.4 Å². The van der Waals surface area contributed by atoms with Crippen molar-refractivity contribution in [1.29, 1.82) is 0 Å². The fourth-order valence-electron chi connectivity index (χ4n) is 1.77. The van der Waals surface area contributed by atoms with Crippen LogP contribution in [0.15, 0.2) is 53.6 Å². The third-order valence-corrected chi connectivity index (χ3v) is 2.86. The molecule has 0 spiro atoms. The van der Waals surface area contributed by atoms with Crippen LogP contribution < -0.4 is 10.7 Å². The van der Waals surface area contributed by atoms with Crippen molar-refractivity contribution in [3.05, 3.63) is 59.7 Å². The first-order chi connectivity index (χ1) is 10.1. The van der Waals surface area contributed by atoms with Crippen LogP contribution in [-0.2, 0) is 4.79 Å². The first-order valence-electron chi connectivity index (χ1n) is 6.55. The van der Waals surface area contributed by atoms with Crippen LogP contribution in [0.5, 0.6) is 5.75 Å². The molecule has 0 aliphatic heterocycles. The Bertz CT molecular complexity index is 653. The van der Waals surface area contributed by atoms with Crippen LogP contribution in [-0.4, -0.2) is 23.8 Å². The van der Waals surface area contributed by atoms with Gasteiger partial charge in [-0.1, -0.05) is 30.3 Å². The standard InChI is InChI=1S/C16H17N3O2/c1-12-5-2-3-8-15(12)17-11-16(21)19-18-10-13-6-4-7-14(20)9-13/h2-10,17,20H,11H2,1H3,(H,19,21)/b18-10+. The number of para-hydroxylation sites is 1. The molecule has 108 valence electrons. The number of aromatic hydroxyl groups is 1. The Morgan fingerprint density at radius 3 is 2.81 bits per heavy atom. The number of phenolic OH excluding ortho intramolecular Hbond substituents is 1. The number of nitrogens with zero attached hydrogens (tertiary/aromatic N) is 1. The number of aryl methyl sites for hydroxylation is 1. The molecule has 0 saturated heterocycles. The van der Waals surface area contributed by atoms with E-state index >= 15 is 0 Å². The molecule has 2 rings (SSSR count). The molecule has 5 nitrogen and oxygen atoms in total. The van der Waals surface area contributed by atoms with Gasteiger partial charge in [0.1, 0.15) is 5.75 Å². The normalized spacial score (nSPS) is 10.5. The van der Waals surface area contributed by atoms with Crippen molar-refractivity contribution in [3.8, 4) is 5.75 Å². The van der Waals surface area contributed by atoms with Gasteiger partial charge in [0.25, 0.3) is 5.91 Å². The van der Waals surface area contributed by atoms with Gasteiger partial charge in [-0.15, -0.1) is 0 Å². The average Bonchev–Trinajstić information content (AvgIpc) is 2.46. The minimum atomic E-state index is -0.241. The molecule has 3 N–H and O–H groups in total. The van der Waals surface area contributed by atoms with Crippen LogP contribution in [0.1, 0.15) is 11.1 Å². The minimum Gasteiger partial charge on any atom is -0.508 e. The van der Waals surface area contributed by atoms with E-state index < -0.39 is 0 Å². The smallest absolute Gasteiger partial charge is 0.259 e. The lowest BCUT2D eigenvalue weighted by Crippen LogP contribution is -2.26. The van der Waals surface area contributed by atoms with E-state index in [1.54, 1.807) is 24.3 Å². The monoisotopic (exact) mass is 283 g/mol. The van der Waals surface area contributed by atoms with Gasteiger partial charge in [0, 0.05) is 5.69 Å². The number of benzene rings is 2. The van der Waals surface area contributed by atoms with Gasteiger partial charge in [0.15, 0.2) is 0 Å². The quantitative estimate of drug-likeness (QED) is 0.582. The Morgan fingerprint density at radius 1 is 1.24 bits per heavy atom. The minimum absolute atomic E-state index is 0.141. The summed E-state index contributed by atoms with van der Waals surface area (Å²) < 4.78 is 0. The molecule has 5 heteroatoms. The maximum atomic E-state index is 11.6. The Balaban J connectivity index is 1.81. The molecule has 0 saturated carbocycles. The molecule has 0 unspecified atom stereocenters. The predicted molar refractivity (Wildman–Crippen MR) is 83.5 cm³/mol. The highest BCUT2D eigenvalue weighted by molar-refractivity contribution is 5.84. The molecule has 2 aromatic rings. The van der Waals surface area contributed by atoms with E-state index in [1.165, 1.54) is 6.21 Å². The predicted octanol–water partition coefficient (Wildman–Crippen LogP) is 2.26. The lowest BCUT2D eigenvalue weighted by atomic mass is 10.2. The number of phenols is 1.